The molecule has 0 saturated carbocycles. The van der Waals surface area contributed by atoms with Crippen LogP contribution in [0.4, 0.5) is 46.5 Å². The molecule has 3 rings (SSSR count). The molecule has 0 unspecified atom stereocenters. The highest BCUT2D eigenvalue weighted by atomic mass is 32.2. The van der Waals surface area contributed by atoms with E-state index in [1.165, 1.54) is 24.3 Å². The topological polar surface area (TPSA) is 66.4 Å². The van der Waals surface area contributed by atoms with E-state index in [0.29, 0.717) is 6.92 Å². The Labute approximate surface area is 180 Å². The average molecular weight is 497 g/mol. The van der Waals surface area contributed by atoms with Crippen LogP contribution in [0.25, 0.3) is 10.8 Å². The molecule has 0 radical (unpaired) electrons. The highest BCUT2D eigenvalue weighted by Crippen LogP contribution is 2.45. The zero-order valence-electron chi connectivity index (χ0n) is 16.2. The number of hydrogen-bond acceptors (Lipinski definition) is 3. The molecule has 3 aromatic carbocycles. The van der Waals surface area contributed by atoms with E-state index in [0.717, 1.165) is 12.1 Å². The molecule has 176 valence electrons. The molecule has 0 fully saturated rings. The maximum Gasteiger partial charge on any atom is 0.335 e. The summed E-state index contributed by atoms with van der Waals surface area (Å²) in [5.41, 5.74) is -5.00. The van der Waals surface area contributed by atoms with Crippen molar-refractivity contribution in [3.8, 4) is 0 Å². The van der Waals surface area contributed by atoms with E-state index < -0.39 is 67.1 Å². The number of anilines is 2. The van der Waals surface area contributed by atoms with Crippen molar-refractivity contribution in [2.45, 2.75) is 17.7 Å². The highest BCUT2D eigenvalue weighted by molar-refractivity contribution is 7.85. The Morgan fingerprint density at radius 3 is 2.15 bits per heavy atom. The maximum absolute atomic E-state index is 14.7. The Kier molecular flexibility index (Phi) is 6.15. The third kappa shape index (κ3) is 4.25. The van der Waals surface area contributed by atoms with Gasteiger partial charge in [0.15, 0.2) is 11.6 Å². The zero-order valence-corrected chi connectivity index (χ0v) is 17.0. The van der Waals surface area contributed by atoms with Gasteiger partial charge in [-0.15, -0.1) is 0 Å². The van der Waals surface area contributed by atoms with Crippen LogP contribution < -0.4 is 5.32 Å². The minimum Gasteiger partial charge on any atom is -0.352 e. The van der Waals surface area contributed by atoms with Crippen molar-refractivity contribution in [1.82, 2.24) is 0 Å². The number of fused-ring (bicyclic) bond motifs is 1. The van der Waals surface area contributed by atoms with Gasteiger partial charge in [0.2, 0.25) is 5.83 Å². The molecular formula is C20H11F8NO3S. The van der Waals surface area contributed by atoms with Gasteiger partial charge in [-0.05, 0) is 24.4 Å². The van der Waals surface area contributed by atoms with Gasteiger partial charge in [-0.1, -0.05) is 24.3 Å². The summed E-state index contributed by atoms with van der Waals surface area (Å²) in [5.74, 6) is -16.0. The summed E-state index contributed by atoms with van der Waals surface area (Å²) < 4.78 is 142. The molecule has 0 heterocycles. The molecule has 33 heavy (non-hydrogen) atoms. The van der Waals surface area contributed by atoms with Gasteiger partial charge in [-0.2, -0.15) is 30.4 Å². The lowest BCUT2D eigenvalue weighted by Gasteiger charge is -2.21. The standard InChI is InChI=1S/C20H11F8NO3S/c1-8-14(21)13(20(27,28)18(24)19(25)26)15(22)16(23)17(8)29-12-7-10(33(30,31)32)6-9-4-2-3-5-11(9)12/h2-7,29H,1H3,(H,30,31,32). The van der Waals surface area contributed by atoms with E-state index in [9.17, 15) is 48.1 Å². The van der Waals surface area contributed by atoms with Crippen molar-refractivity contribution in [3.63, 3.8) is 0 Å². The molecule has 0 bridgehead atoms. The van der Waals surface area contributed by atoms with Crippen LogP contribution in [0.1, 0.15) is 11.1 Å². The number of rotatable bonds is 5. The van der Waals surface area contributed by atoms with E-state index in [4.69, 9.17) is 0 Å². The van der Waals surface area contributed by atoms with Gasteiger partial charge in [0, 0.05) is 16.6 Å². The number of hydrogen-bond donors (Lipinski definition) is 2. The molecule has 0 aromatic heterocycles. The Morgan fingerprint density at radius 2 is 1.58 bits per heavy atom. The molecule has 0 spiro atoms. The molecular weight excluding hydrogens is 486 g/mol. The number of benzene rings is 3. The van der Waals surface area contributed by atoms with Crippen molar-refractivity contribution in [1.29, 1.82) is 0 Å². The molecule has 13 heteroatoms. The van der Waals surface area contributed by atoms with Crippen LogP contribution >= 0.6 is 0 Å². The summed E-state index contributed by atoms with van der Waals surface area (Å²) in [6, 6.07) is 7.56. The number of alkyl halides is 2. The predicted octanol–water partition coefficient (Wildman–Crippen LogP) is 6.73. The van der Waals surface area contributed by atoms with Gasteiger partial charge >= 0.3 is 12.0 Å². The fraction of sp³-hybridized carbons (Fsp3) is 0.100. The van der Waals surface area contributed by atoms with Crippen molar-refractivity contribution in [3.05, 3.63) is 76.9 Å². The van der Waals surface area contributed by atoms with E-state index >= 15 is 0 Å². The van der Waals surface area contributed by atoms with E-state index in [1.54, 1.807) is 0 Å². The molecule has 4 nitrogen and oxygen atoms in total. The third-order valence-corrected chi connectivity index (χ3v) is 5.54. The predicted molar refractivity (Wildman–Crippen MR) is 102 cm³/mol. The first-order chi connectivity index (χ1) is 15.2. The number of nitrogens with one attached hydrogen (secondary N) is 1. The molecule has 0 saturated heterocycles. The van der Waals surface area contributed by atoms with Crippen molar-refractivity contribution in [2.75, 3.05) is 5.32 Å². The van der Waals surface area contributed by atoms with Gasteiger partial charge < -0.3 is 5.32 Å². The lowest BCUT2D eigenvalue weighted by Crippen LogP contribution is -2.22. The maximum atomic E-state index is 14.7. The monoisotopic (exact) mass is 497 g/mol. The fourth-order valence-electron chi connectivity index (χ4n) is 3.10. The van der Waals surface area contributed by atoms with Crippen molar-refractivity contribution in [2.24, 2.45) is 0 Å². The quantitative estimate of drug-likeness (QED) is 0.233. The minimum absolute atomic E-state index is 0.174. The second kappa shape index (κ2) is 8.30. The lowest BCUT2D eigenvalue weighted by atomic mass is 10.00. The van der Waals surface area contributed by atoms with Crippen LogP contribution in [0.5, 0.6) is 0 Å². The van der Waals surface area contributed by atoms with Crippen LogP contribution in [-0.4, -0.2) is 13.0 Å². The molecule has 0 atom stereocenters. The molecule has 3 aromatic rings. The van der Waals surface area contributed by atoms with Crippen molar-refractivity contribution < 1.29 is 48.1 Å². The van der Waals surface area contributed by atoms with Crippen LogP contribution in [0.3, 0.4) is 0 Å². The molecule has 0 aliphatic rings. The number of halogens is 8. The van der Waals surface area contributed by atoms with Gasteiger partial charge in [-0.25, -0.2) is 13.2 Å². The smallest absolute Gasteiger partial charge is 0.335 e. The van der Waals surface area contributed by atoms with Gasteiger partial charge in [0.1, 0.15) is 11.4 Å². The van der Waals surface area contributed by atoms with Crippen molar-refractivity contribution >= 4 is 32.3 Å². The first kappa shape index (κ1) is 24.5. The van der Waals surface area contributed by atoms with Crippen LogP contribution in [0.15, 0.2) is 53.2 Å². The average Bonchev–Trinajstić information content (AvgIpc) is 2.73. The minimum atomic E-state index is -5.52. The van der Waals surface area contributed by atoms with E-state index in [1.807, 2.05) is 0 Å². The second-order valence-corrected chi connectivity index (χ2v) is 8.18. The molecule has 0 aliphatic carbocycles. The lowest BCUT2D eigenvalue weighted by molar-refractivity contribution is -0.00159. The first-order valence-electron chi connectivity index (χ1n) is 8.71. The van der Waals surface area contributed by atoms with E-state index in [2.05, 4.69) is 5.32 Å². The van der Waals surface area contributed by atoms with Crippen LogP contribution in [-0.2, 0) is 16.0 Å². The Balaban J connectivity index is 2.28. The Bertz CT molecular complexity index is 1390. The largest absolute Gasteiger partial charge is 0.352 e. The first-order valence-corrected chi connectivity index (χ1v) is 10.2. The third-order valence-electron chi connectivity index (χ3n) is 4.70. The second-order valence-electron chi connectivity index (χ2n) is 6.76. The van der Waals surface area contributed by atoms with E-state index in [-0.39, 0.29) is 16.5 Å². The number of allylic oxidation sites excluding steroid dienone is 1. The Hall–Kier alpha value is -3.19. The summed E-state index contributed by atoms with van der Waals surface area (Å²) in [7, 11) is -4.79. The van der Waals surface area contributed by atoms with Gasteiger partial charge in [0.25, 0.3) is 10.1 Å². The van der Waals surface area contributed by atoms with Crippen LogP contribution in [0.2, 0.25) is 0 Å². The van der Waals surface area contributed by atoms with Crippen LogP contribution in [0, 0.1) is 24.4 Å². The zero-order chi connectivity index (χ0) is 24.9. The summed E-state index contributed by atoms with van der Waals surface area (Å²) in [6.07, 6.45) is -3.55. The van der Waals surface area contributed by atoms with Gasteiger partial charge in [0.05, 0.1) is 10.6 Å². The summed E-state index contributed by atoms with van der Waals surface area (Å²) in [4.78, 5) is -0.684. The highest BCUT2D eigenvalue weighted by Gasteiger charge is 2.47. The summed E-state index contributed by atoms with van der Waals surface area (Å²) >= 11 is 0. The molecule has 0 amide bonds. The SMILES string of the molecule is Cc1c(F)c(C(F)(F)C(F)=C(F)F)c(F)c(F)c1Nc1cc(S(=O)(=O)O)cc2ccccc12. The molecule has 2 N–H and O–H groups in total. The summed E-state index contributed by atoms with van der Waals surface area (Å²) in [5, 5.41) is 2.54. The van der Waals surface area contributed by atoms with Gasteiger partial charge in [-0.3, -0.25) is 4.55 Å². The normalized spacial score (nSPS) is 12.2. The molecule has 0 aliphatic heterocycles. The summed E-state index contributed by atoms with van der Waals surface area (Å²) in [6.45, 7) is 0.683. The fourth-order valence-corrected chi connectivity index (χ4v) is 3.64. The Morgan fingerprint density at radius 1 is 0.970 bits per heavy atom.